The molecular formula is C32H29F6N5O2S. The summed E-state index contributed by atoms with van der Waals surface area (Å²) in [5, 5.41) is 9.47. The highest BCUT2D eigenvalue weighted by Crippen LogP contribution is 2.37. The Kier molecular flexibility index (Phi) is 9.75. The first kappa shape index (κ1) is 33.0. The third kappa shape index (κ3) is 7.54. The van der Waals surface area contributed by atoms with E-state index in [9.17, 15) is 35.9 Å². The van der Waals surface area contributed by atoms with E-state index in [0.717, 1.165) is 11.3 Å². The number of piperazine rings is 1. The maximum atomic E-state index is 13.3. The lowest BCUT2D eigenvalue weighted by molar-refractivity contribution is -0.143. The van der Waals surface area contributed by atoms with Crippen molar-refractivity contribution in [1.29, 1.82) is 0 Å². The first-order valence-corrected chi connectivity index (χ1v) is 15.4. The molecule has 0 radical (unpaired) electrons. The van der Waals surface area contributed by atoms with Gasteiger partial charge < -0.3 is 9.80 Å². The summed E-state index contributed by atoms with van der Waals surface area (Å²) in [6.45, 7) is 1.79. The van der Waals surface area contributed by atoms with E-state index in [1.165, 1.54) is 16.7 Å². The van der Waals surface area contributed by atoms with Gasteiger partial charge in [-0.3, -0.25) is 14.2 Å². The van der Waals surface area contributed by atoms with Gasteiger partial charge in [-0.25, -0.2) is 0 Å². The molecule has 7 nitrogen and oxygen atoms in total. The van der Waals surface area contributed by atoms with Crippen molar-refractivity contribution in [2.45, 2.75) is 43.3 Å². The topological polar surface area (TPSA) is 71.3 Å². The van der Waals surface area contributed by atoms with Crippen molar-refractivity contribution >= 4 is 23.6 Å². The van der Waals surface area contributed by atoms with E-state index in [1.807, 2.05) is 65.2 Å². The van der Waals surface area contributed by atoms with Crippen LogP contribution < -0.4 is 0 Å². The molecule has 5 rings (SSSR count). The van der Waals surface area contributed by atoms with Gasteiger partial charge in [0.2, 0.25) is 5.91 Å². The summed E-state index contributed by atoms with van der Waals surface area (Å²) in [5.41, 5.74) is -2.01. The number of nitrogens with zero attached hydrogens (tertiary/aromatic N) is 5. The number of thioether (sulfide) groups is 1. The lowest BCUT2D eigenvalue weighted by Crippen LogP contribution is -2.55. The average Bonchev–Trinajstić information content (AvgIpc) is 3.46. The molecule has 0 N–H and O–H groups in total. The molecule has 0 spiro atoms. The van der Waals surface area contributed by atoms with Crippen molar-refractivity contribution < 1.29 is 35.9 Å². The van der Waals surface area contributed by atoms with Crippen LogP contribution in [0.15, 0.2) is 84.0 Å². The van der Waals surface area contributed by atoms with Crippen LogP contribution in [0.2, 0.25) is 0 Å². The maximum Gasteiger partial charge on any atom is 0.416 e. The molecule has 0 bridgehead atoms. The minimum Gasteiger partial charge on any atom is -0.339 e. The molecule has 0 saturated carbocycles. The van der Waals surface area contributed by atoms with Gasteiger partial charge in [0.15, 0.2) is 11.0 Å². The summed E-state index contributed by atoms with van der Waals surface area (Å²) < 4.78 is 81.8. The minimum atomic E-state index is -5.06. The summed E-state index contributed by atoms with van der Waals surface area (Å²) >= 11 is 1.46. The Morgan fingerprint density at radius 2 is 1.46 bits per heavy atom. The number of para-hydroxylation sites is 1. The van der Waals surface area contributed by atoms with Crippen LogP contribution >= 0.6 is 11.8 Å². The highest BCUT2D eigenvalue weighted by atomic mass is 32.2. The second-order valence-electron chi connectivity index (χ2n) is 10.8. The molecule has 1 saturated heterocycles. The SMILES string of the molecule is CC1CN(C(=O)CCCSc2nnc(-c3ccccc3)n2-c2ccccc2)CCN1C(=O)c1cc(C(F)(F)F)cc(C(F)(F)F)c1. The zero-order valence-electron chi connectivity index (χ0n) is 24.6. The van der Waals surface area contributed by atoms with Crippen LogP contribution in [0, 0.1) is 0 Å². The molecule has 1 unspecified atom stereocenters. The zero-order valence-corrected chi connectivity index (χ0v) is 25.4. The number of benzene rings is 3. The Morgan fingerprint density at radius 3 is 2.04 bits per heavy atom. The van der Waals surface area contributed by atoms with E-state index in [0.29, 0.717) is 35.3 Å². The van der Waals surface area contributed by atoms with Crippen molar-refractivity contribution in [1.82, 2.24) is 24.6 Å². The molecule has 1 fully saturated rings. The molecule has 1 aliphatic heterocycles. The Labute approximate surface area is 265 Å². The number of carbonyl (C=O) groups is 2. The second-order valence-corrected chi connectivity index (χ2v) is 11.8. The molecule has 0 aliphatic carbocycles. The van der Waals surface area contributed by atoms with Gasteiger partial charge in [-0.15, -0.1) is 10.2 Å². The molecular weight excluding hydrogens is 632 g/mol. The van der Waals surface area contributed by atoms with Gasteiger partial charge in [0.05, 0.1) is 11.1 Å². The first-order chi connectivity index (χ1) is 21.8. The second kappa shape index (κ2) is 13.6. The van der Waals surface area contributed by atoms with E-state index in [1.54, 1.807) is 11.8 Å². The van der Waals surface area contributed by atoms with Gasteiger partial charge in [-0.1, -0.05) is 60.3 Å². The number of alkyl halides is 6. The van der Waals surface area contributed by atoms with Crippen LogP contribution in [-0.4, -0.2) is 67.8 Å². The van der Waals surface area contributed by atoms with Crippen LogP contribution in [0.3, 0.4) is 0 Å². The minimum absolute atomic E-state index is 0.0111. The first-order valence-electron chi connectivity index (χ1n) is 14.4. The molecule has 1 aliphatic rings. The number of aromatic nitrogens is 3. The predicted octanol–water partition coefficient (Wildman–Crippen LogP) is 7.22. The summed E-state index contributed by atoms with van der Waals surface area (Å²) in [5.74, 6) is 0.139. The fourth-order valence-corrected chi connectivity index (χ4v) is 6.11. The van der Waals surface area contributed by atoms with Gasteiger partial charge in [-0.2, -0.15) is 26.3 Å². The predicted molar refractivity (Wildman–Crippen MR) is 160 cm³/mol. The number of hydrogen-bond donors (Lipinski definition) is 0. The van der Waals surface area contributed by atoms with E-state index >= 15 is 0 Å². The van der Waals surface area contributed by atoms with Crippen molar-refractivity contribution in [2.24, 2.45) is 0 Å². The van der Waals surface area contributed by atoms with Gasteiger partial charge in [-0.05, 0) is 43.7 Å². The molecule has 1 atom stereocenters. The number of rotatable bonds is 8. The number of amides is 2. The maximum absolute atomic E-state index is 13.3. The monoisotopic (exact) mass is 661 g/mol. The summed E-state index contributed by atoms with van der Waals surface area (Å²) in [7, 11) is 0. The van der Waals surface area contributed by atoms with Crippen molar-refractivity contribution in [3.8, 4) is 17.1 Å². The molecule has 46 heavy (non-hydrogen) atoms. The lowest BCUT2D eigenvalue weighted by atomic mass is 10.0. The van der Waals surface area contributed by atoms with Crippen molar-refractivity contribution in [3.05, 3.63) is 95.6 Å². The summed E-state index contributed by atoms with van der Waals surface area (Å²) in [6.07, 6.45) is -9.40. The lowest BCUT2D eigenvalue weighted by Gasteiger charge is -2.40. The van der Waals surface area contributed by atoms with Crippen LogP contribution in [0.4, 0.5) is 26.3 Å². The van der Waals surface area contributed by atoms with Crippen molar-refractivity contribution in [2.75, 3.05) is 25.4 Å². The Morgan fingerprint density at radius 1 is 0.848 bits per heavy atom. The standard InChI is InChI=1S/C32H29F6N5O2S/c1-21-20-41(14-15-42(21)29(45)23-17-24(31(33,34)35)19-25(18-23)32(36,37)38)27(44)13-8-16-46-30-40-39-28(22-9-4-2-5-10-22)43(30)26-11-6-3-7-12-26/h2-7,9-12,17-19,21H,8,13-16,20H2,1H3. The average molecular weight is 662 g/mol. The third-order valence-corrected chi connectivity index (χ3v) is 8.54. The smallest absolute Gasteiger partial charge is 0.339 e. The molecule has 242 valence electrons. The van der Waals surface area contributed by atoms with Crippen LogP contribution in [0.25, 0.3) is 17.1 Å². The van der Waals surface area contributed by atoms with Crippen LogP contribution in [0.5, 0.6) is 0 Å². The fourth-order valence-electron chi connectivity index (χ4n) is 5.22. The molecule has 2 heterocycles. The van der Waals surface area contributed by atoms with Gasteiger partial charge in [0.25, 0.3) is 5.91 Å². The Bertz CT molecular complexity index is 1650. The van der Waals surface area contributed by atoms with Gasteiger partial charge >= 0.3 is 12.4 Å². The van der Waals surface area contributed by atoms with E-state index in [2.05, 4.69) is 10.2 Å². The summed E-state index contributed by atoms with van der Waals surface area (Å²) in [4.78, 5) is 28.9. The molecule has 4 aromatic rings. The molecule has 1 aromatic heterocycles. The normalized spacial score (nSPS) is 15.7. The number of carbonyl (C=O) groups excluding carboxylic acids is 2. The van der Waals surface area contributed by atoms with Gasteiger partial charge in [0, 0.05) is 54.7 Å². The fraction of sp³-hybridized carbons (Fsp3) is 0.312. The third-order valence-electron chi connectivity index (χ3n) is 7.52. The number of halogens is 6. The van der Waals surface area contributed by atoms with E-state index in [4.69, 9.17) is 0 Å². The highest BCUT2D eigenvalue weighted by Gasteiger charge is 2.39. The molecule has 2 amide bonds. The quantitative estimate of drug-likeness (QED) is 0.113. The zero-order chi connectivity index (χ0) is 33.1. The molecule has 3 aromatic carbocycles. The molecule has 14 heteroatoms. The van der Waals surface area contributed by atoms with Crippen molar-refractivity contribution in [3.63, 3.8) is 0 Å². The van der Waals surface area contributed by atoms with Gasteiger partial charge in [0.1, 0.15) is 0 Å². The van der Waals surface area contributed by atoms with Crippen LogP contribution in [-0.2, 0) is 17.1 Å². The Balaban J connectivity index is 1.19. The van der Waals surface area contributed by atoms with Crippen LogP contribution in [0.1, 0.15) is 41.3 Å². The summed E-state index contributed by atoms with van der Waals surface area (Å²) in [6, 6.07) is 19.6. The Hall–Kier alpha value is -4.33. The van der Waals surface area contributed by atoms with E-state index < -0.39 is 41.0 Å². The largest absolute Gasteiger partial charge is 0.416 e. The van der Waals surface area contributed by atoms with E-state index in [-0.39, 0.29) is 38.0 Å². The number of hydrogen-bond acceptors (Lipinski definition) is 5. The highest BCUT2D eigenvalue weighted by molar-refractivity contribution is 7.99.